The van der Waals surface area contributed by atoms with Crippen LogP contribution in [0.25, 0.3) is 0 Å². The summed E-state index contributed by atoms with van der Waals surface area (Å²) in [5.41, 5.74) is 4.63. The van der Waals surface area contributed by atoms with Gasteiger partial charge in [-0.15, -0.1) is 0 Å². The third kappa shape index (κ3) is 6.74. The van der Waals surface area contributed by atoms with Gasteiger partial charge in [0.15, 0.2) is 5.78 Å². The van der Waals surface area contributed by atoms with Gasteiger partial charge in [0.25, 0.3) is 0 Å². The predicted molar refractivity (Wildman–Crippen MR) is 116 cm³/mol. The van der Waals surface area contributed by atoms with E-state index < -0.39 is 23.7 Å². The Labute approximate surface area is 184 Å². The third-order valence-electron chi connectivity index (χ3n) is 5.97. The van der Waals surface area contributed by atoms with Crippen molar-refractivity contribution < 1.29 is 23.9 Å². The zero-order valence-electron chi connectivity index (χ0n) is 19.2. The zero-order chi connectivity index (χ0) is 23.2. The van der Waals surface area contributed by atoms with Crippen molar-refractivity contribution in [3.8, 4) is 0 Å². The fraction of sp³-hybridized carbons (Fsp3) is 0.818. The molecule has 0 spiro atoms. The number of rotatable bonds is 12. The van der Waals surface area contributed by atoms with E-state index in [1.807, 2.05) is 20.8 Å². The van der Waals surface area contributed by atoms with Gasteiger partial charge in [-0.2, -0.15) is 0 Å². The largest absolute Gasteiger partial charge is 0.361 e. The first kappa shape index (κ1) is 25.3. The Hall–Kier alpha value is -2.00. The van der Waals surface area contributed by atoms with Crippen LogP contribution in [0.2, 0.25) is 0 Å². The molecular weight excluding hydrogens is 400 g/mol. The number of ether oxygens (including phenoxy) is 1. The molecule has 176 valence electrons. The van der Waals surface area contributed by atoms with Gasteiger partial charge >= 0.3 is 0 Å². The standard InChI is InChI=1S/C22H38N4O5/c1-5-6-8-15(24-21(30)17-9-7-10-26(17)18(27)12-23)20(29)25-16(11-14(2)3)19(28)22(4)13-31-22/h14-17H,5-13,23H2,1-4H3,(H,24,30)(H,25,29)/t15-,16?,17-,22+/m0/s1. The molecule has 9 heteroatoms. The molecule has 0 aromatic carbocycles. The first-order chi connectivity index (χ1) is 14.6. The van der Waals surface area contributed by atoms with E-state index in [2.05, 4.69) is 10.6 Å². The number of nitrogens with one attached hydrogen (secondary N) is 2. The minimum absolute atomic E-state index is 0.134. The van der Waals surface area contributed by atoms with Crippen molar-refractivity contribution >= 4 is 23.5 Å². The normalized spacial score (nSPS) is 24.6. The van der Waals surface area contributed by atoms with Gasteiger partial charge in [0.1, 0.15) is 17.7 Å². The molecule has 2 aliphatic rings. The topological polar surface area (TPSA) is 134 Å². The molecule has 31 heavy (non-hydrogen) atoms. The highest BCUT2D eigenvalue weighted by Crippen LogP contribution is 2.29. The van der Waals surface area contributed by atoms with Crippen molar-refractivity contribution in [2.24, 2.45) is 11.7 Å². The Morgan fingerprint density at radius 2 is 1.87 bits per heavy atom. The molecule has 2 rings (SSSR count). The van der Waals surface area contributed by atoms with E-state index in [9.17, 15) is 19.2 Å². The Morgan fingerprint density at radius 3 is 2.42 bits per heavy atom. The second-order valence-corrected chi connectivity index (χ2v) is 9.23. The van der Waals surface area contributed by atoms with Crippen LogP contribution in [0, 0.1) is 5.92 Å². The lowest BCUT2D eigenvalue weighted by atomic mass is 9.93. The molecule has 2 heterocycles. The maximum Gasteiger partial charge on any atom is 0.243 e. The van der Waals surface area contributed by atoms with E-state index >= 15 is 0 Å². The van der Waals surface area contributed by atoms with Gasteiger partial charge in [-0.25, -0.2) is 0 Å². The molecule has 3 amide bonds. The smallest absolute Gasteiger partial charge is 0.243 e. The molecule has 0 saturated carbocycles. The van der Waals surface area contributed by atoms with Crippen LogP contribution in [0.1, 0.15) is 66.2 Å². The highest BCUT2D eigenvalue weighted by molar-refractivity contribution is 5.98. The van der Waals surface area contributed by atoms with E-state index in [0.29, 0.717) is 32.4 Å². The van der Waals surface area contributed by atoms with Crippen molar-refractivity contribution in [3.63, 3.8) is 0 Å². The molecular formula is C22H38N4O5. The number of epoxide rings is 1. The van der Waals surface area contributed by atoms with Gasteiger partial charge in [-0.3, -0.25) is 19.2 Å². The second-order valence-electron chi connectivity index (χ2n) is 9.23. The molecule has 4 N–H and O–H groups in total. The van der Waals surface area contributed by atoms with Crippen LogP contribution in [-0.4, -0.2) is 71.8 Å². The van der Waals surface area contributed by atoms with Crippen LogP contribution in [0.5, 0.6) is 0 Å². The number of nitrogens with zero attached hydrogens (tertiary/aromatic N) is 1. The summed E-state index contributed by atoms with van der Waals surface area (Å²) in [5, 5.41) is 5.69. The zero-order valence-corrected chi connectivity index (χ0v) is 19.2. The molecule has 2 fully saturated rings. The van der Waals surface area contributed by atoms with Crippen molar-refractivity contribution in [2.75, 3.05) is 19.7 Å². The van der Waals surface area contributed by atoms with Crippen molar-refractivity contribution in [1.29, 1.82) is 0 Å². The third-order valence-corrected chi connectivity index (χ3v) is 5.97. The summed E-state index contributed by atoms with van der Waals surface area (Å²) >= 11 is 0. The summed E-state index contributed by atoms with van der Waals surface area (Å²) in [4.78, 5) is 52.4. The lowest BCUT2D eigenvalue weighted by Gasteiger charge is -2.28. The van der Waals surface area contributed by atoms with Gasteiger partial charge in [0.2, 0.25) is 17.7 Å². The highest BCUT2D eigenvalue weighted by atomic mass is 16.6. The maximum atomic E-state index is 13.1. The molecule has 2 aliphatic heterocycles. The Morgan fingerprint density at radius 1 is 1.19 bits per heavy atom. The second kappa shape index (κ2) is 11.0. The van der Waals surface area contributed by atoms with Gasteiger partial charge < -0.3 is 26.0 Å². The predicted octanol–water partition coefficient (Wildman–Crippen LogP) is 0.500. The number of nitrogens with two attached hydrogens (primary N) is 1. The van der Waals surface area contributed by atoms with Crippen LogP contribution >= 0.6 is 0 Å². The molecule has 4 atom stereocenters. The molecule has 2 saturated heterocycles. The van der Waals surface area contributed by atoms with Crippen LogP contribution in [0.15, 0.2) is 0 Å². The number of hydrogen-bond donors (Lipinski definition) is 3. The number of unbranched alkanes of at least 4 members (excludes halogenated alkanes) is 1. The molecule has 1 unspecified atom stereocenters. The van der Waals surface area contributed by atoms with E-state index in [1.165, 1.54) is 4.90 Å². The van der Waals surface area contributed by atoms with Gasteiger partial charge in [-0.1, -0.05) is 33.6 Å². The average molecular weight is 439 g/mol. The van der Waals surface area contributed by atoms with Gasteiger partial charge in [-0.05, 0) is 38.5 Å². The number of hydrogen-bond acceptors (Lipinski definition) is 6. The van der Waals surface area contributed by atoms with Crippen LogP contribution in [-0.2, 0) is 23.9 Å². The summed E-state index contributed by atoms with van der Waals surface area (Å²) < 4.78 is 5.29. The van der Waals surface area contributed by atoms with E-state index in [1.54, 1.807) is 6.92 Å². The lowest BCUT2D eigenvalue weighted by molar-refractivity contribution is -0.139. The van der Waals surface area contributed by atoms with Crippen molar-refractivity contribution in [3.05, 3.63) is 0 Å². The number of carbonyl (C=O) groups is 4. The van der Waals surface area contributed by atoms with E-state index in [4.69, 9.17) is 10.5 Å². The van der Waals surface area contributed by atoms with E-state index in [-0.39, 0.29) is 36.0 Å². The number of ketones is 1. The minimum Gasteiger partial charge on any atom is -0.361 e. The molecule has 9 nitrogen and oxygen atoms in total. The summed E-state index contributed by atoms with van der Waals surface area (Å²) in [6.45, 7) is 8.41. The number of likely N-dealkylation sites (tertiary alicyclic amines) is 1. The fourth-order valence-corrected chi connectivity index (χ4v) is 3.99. The highest BCUT2D eigenvalue weighted by Gasteiger charge is 2.50. The van der Waals surface area contributed by atoms with Crippen molar-refractivity contribution in [2.45, 2.75) is 89.9 Å². The van der Waals surface area contributed by atoms with Crippen LogP contribution < -0.4 is 16.4 Å². The summed E-state index contributed by atoms with van der Waals surface area (Å²) in [6.07, 6.45) is 3.84. The first-order valence-electron chi connectivity index (χ1n) is 11.4. The molecule has 0 aromatic heterocycles. The number of carbonyl (C=O) groups excluding carboxylic acids is 4. The Kier molecular flexibility index (Phi) is 9.00. The molecule has 0 aliphatic carbocycles. The fourth-order valence-electron chi connectivity index (χ4n) is 3.99. The minimum atomic E-state index is -0.831. The molecule has 0 bridgehead atoms. The lowest BCUT2D eigenvalue weighted by Crippen LogP contribution is -2.56. The SMILES string of the molecule is CCCC[C@H](NC(=O)[C@@H]1CCCN1C(=O)CN)C(=O)NC(CC(C)C)C(=O)[C@@]1(C)CO1. The van der Waals surface area contributed by atoms with Crippen LogP contribution in [0.4, 0.5) is 0 Å². The number of Topliss-reactive ketones (excluding diaryl/α,β-unsaturated/α-hetero) is 1. The summed E-state index contributed by atoms with van der Waals surface area (Å²) in [7, 11) is 0. The van der Waals surface area contributed by atoms with Gasteiger partial charge in [0, 0.05) is 6.54 Å². The first-order valence-corrected chi connectivity index (χ1v) is 11.4. The quantitative estimate of drug-likeness (QED) is 0.380. The van der Waals surface area contributed by atoms with Crippen molar-refractivity contribution in [1.82, 2.24) is 15.5 Å². The summed E-state index contributed by atoms with van der Waals surface area (Å²) in [5.74, 6) is -0.924. The summed E-state index contributed by atoms with van der Waals surface area (Å²) in [6, 6.07) is -2.04. The Balaban J connectivity index is 2.08. The van der Waals surface area contributed by atoms with E-state index in [0.717, 1.165) is 19.3 Å². The number of amides is 3. The van der Waals surface area contributed by atoms with Crippen LogP contribution in [0.3, 0.4) is 0 Å². The average Bonchev–Trinajstić information content (AvgIpc) is 3.28. The molecule has 0 aromatic rings. The maximum absolute atomic E-state index is 13.1. The monoisotopic (exact) mass is 438 g/mol. The van der Waals surface area contributed by atoms with Gasteiger partial charge in [0.05, 0.1) is 19.2 Å². The molecule has 0 radical (unpaired) electrons. The Bertz CT molecular complexity index is 677.